The quantitative estimate of drug-likeness (QED) is 0.715. The number of hydrogen-bond donors (Lipinski definition) is 2. The Kier molecular flexibility index (Phi) is 8.86. The summed E-state index contributed by atoms with van der Waals surface area (Å²) in [7, 11) is 0. The number of hydrogen-bond acceptors (Lipinski definition) is 3. The van der Waals surface area contributed by atoms with Crippen molar-refractivity contribution < 1.29 is 9.53 Å². The lowest BCUT2D eigenvalue weighted by atomic mass is 10.0. The fourth-order valence-corrected chi connectivity index (χ4v) is 1.80. The highest BCUT2D eigenvalue weighted by Gasteiger charge is 2.18. The SMILES string of the molecule is CCC(CNC(C)CCC(C)C)NC(=O)OC(C)(C)C. The zero-order valence-electron chi connectivity index (χ0n) is 14.4. The molecule has 0 aromatic rings. The summed E-state index contributed by atoms with van der Waals surface area (Å²) < 4.78 is 5.28. The van der Waals surface area contributed by atoms with Crippen LogP contribution in [0.1, 0.15) is 67.7 Å². The largest absolute Gasteiger partial charge is 0.444 e. The summed E-state index contributed by atoms with van der Waals surface area (Å²) in [6.07, 6.45) is 2.95. The molecule has 0 aliphatic rings. The lowest BCUT2D eigenvalue weighted by Crippen LogP contribution is -2.45. The zero-order chi connectivity index (χ0) is 15.8. The van der Waals surface area contributed by atoms with Crippen molar-refractivity contribution in [3.05, 3.63) is 0 Å². The van der Waals surface area contributed by atoms with Crippen LogP contribution in [0.4, 0.5) is 4.79 Å². The highest BCUT2D eigenvalue weighted by molar-refractivity contribution is 5.68. The van der Waals surface area contributed by atoms with E-state index in [1.807, 2.05) is 20.8 Å². The summed E-state index contributed by atoms with van der Waals surface area (Å²) >= 11 is 0. The Hall–Kier alpha value is -0.770. The second-order valence-corrected chi connectivity index (χ2v) is 7.03. The fourth-order valence-electron chi connectivity index (χ4n) is 1.80. The van der Waals surface area contributed by atoms with Gasteiger partial charge in [-0.25, -0.2) is 4.79 Å². The van der Waals surface area contributed by atoms with E-state index in [0.29, 0.717) is 6.04 Å². The van der Waals surface area contributed by atoms with Crippen molar-refractivity contribution in [3.8, 4) is 0 Å². The van der Waals surface area contributed by atoms with Crippen LogP contribution in [0.5, 0.6) is 0 Å². The molecule has 2 unspecified atom stereocenters. The number of amides is 1. The maximum atomic E-state index is 11.7. The third-order valence-electron chi connectivity index (χ3n) is 3.10. The molecule has 0 aromatic heterocycles. The second-order valence-electron chi connectivity index (χ2n) is 7.03. The van der Waals surface area contributed by atoms with Crippen LogP contribution in [0.25, 0.3) is 0 Å². The first-order valence-corrected chi connectivity index (χ1v) is 7.87. The van der Waals surface area contributed by atoms with Gasteiger partial charge in [0.25, 0.3) is 0 Å². The van der Waals surface area contributed by atoms with E-state index in [0.717, 1.165) is 18.9 Å². The van der Waals surface area contributed by atoms with Crippen LogP contribution in [0, 0.1) is 5.92 Å². The van der Waals surface area contributed by atoms with Gasteiger partial charge in [-0.3, -0.25) is 0 Å². The first-order valence-electron chi connectivity index (χ1n) is 7.87. The standard InChI is InChI=1S/C16H34N2O2/c1-8-14(18-15(19)20-16(5,6)7)11-17-13(4)10-9-12(2)3/h12-14,17H,8-11H2,1-7H3,(H,18,19). The molecule has 0 fully saturated rings. The van der Waals surface area contributed by atoms with Gasteiger partial charge in [0, 0.05) is 18.6 Å². The Bertz CT molecular complexity index is 272. The number of ether oxygens (including phenoxy) is 1. The van der Waals surface area contributed by atoms with Gasteiger partial charge in [-0.2, -0.15) is 0 Å². The lowest BCUT2D eigenvalue weighted by molar-refractivity contribution is 0.0502. The van der Waals surface area contributed by atoms with Gasteiger partial charge < -0.3 is 15.4 Å². The van der Waals surface area contributed by atoms with Gasteiger partial charge in [0.15, 0.2) is 0 Å². The van der Waals surface area contributed by atoms with E-state index >= 15 is 0 Å². The van der Waals surface area contributed by atoms with E-state index in [1.165, 1.54) is 12.8 Å². The molecule has 0 saturated heterocycles. The van der Waals surface area contributed by atoms with E-state index in [-0.39, 0.29) is 12.1 Å². The number of carbonyl (C=O) groups excluding carboxylic acids is 1. The number of carbonyl (C=O) groups is 1. The highest BCUT2D eigenvalue weighted by atomic mass is 16.6. The molecule has 0 radical (unpaired) electrons. The van der Waals surface area contributed by atoms with E-state index in [2.05, 4.69) is 38.3 Å². The molecule has 1 amide bonds. The molecular weight excluding hydrogens is 252 g/mol. The summed E-state index contributed by atoms with van der Waals surface area (Å²) in [6.45, 7) is 15.2. The van der Waals surface area contributed by atoms with Crippen molar-refractivity contribution in [2.45, 2.75) is 85.4 Å². The molecular formula is C16H34N2O2. The number of alkyl carbamates (subject to hydrolysis) is 1. The molecule has 4 heteroatoms. The van der Waals surface area contributed by atoms with Gasteiger partial charge in [0.05, 0.1) is 0 Å². The van der Waals surface area contributed by atoms with Crippen LogP contribution in [-0.4, -0.2) is 30.3 Å². The molecule has 0 rings (SSSR count). The van der Waals surface area contributed by atoms with Crippen LogP contribution in [-0.2, 0) is 4.74 Å². The van der Waals surface area contributed by atoms with Gasteiger partial charge in [-0.05, 0) is 52.9 Å². The third-order valence-corrected chi connectivity index (χ3v) is 3.10. The van der Waals surface area contributed by atoms with E-state index < -0.39 is 5.60 Å². The molecule has 0 bridgehead atoms. The van der Waals surface area contributed by atoms with Crippen LogP contribution in [0.3, 0.4) is 0 Å². The molecule has 4 nitrogen and oxygen atoms in total. The molecule has 0 aliphatic heterocycles. The summed E-state index contributed by atoms with van der Waals surface area (Å²) in [5.74, 6) is 0.737. The maximum Gasteiger partial charge on any atom is 0.407 e. The molecule has 0 spiro atoms. The maximum absolute atomic E-state index is 11.7. The molecule has 2 N–H and O–H groups in total. The average molecular weight is 286 g/mol. The van der Waals surface area contributed by atoms with Crippen molar-refractivity contribution in [2.24, 2.45) is 5.92 Å². The van der Waals surface area contributed by atoms with E-state index in [4.69, 9.17) is 4.74 Å². The smallest absolute Gasteiger partial charge is 0.407 e. The van der Waals surface area contributed by atoms with Gasteiger partial charge in [-0.1, -0.05) is 20.8 Å². The van der Waals surface area contributed by atoms with Crippen LogP contribution in [0.15, 0.2) is 0 Å². The van der Waals surface area contributed by atoms with Crippen molar-refractivity contribution in [2.75, 3.05) is 6.54 Å². The van der Waals surface area contributed by atoms with Crippen molar-refractivity contribution >= 4 is 6.09 Å². The predicted molar refractivity (Wildman–Crippen MR) is 85.0 cm³/mol. The summed E-state index contributed by atoms with van der Waals surface area (Å²) in [5.41, 5.74) is -0.444. The minimum atomic E-state index is -0.444. The molecule has 120 valence electrons. The predicted octanol–water partition coefficient (Wildman–Crippen LogP) is 3.70. The lowest BCUT2D eigenvalue weighted by Gasteiger charge is -2.24. The third kappa shape index (κ3) is 11.1. The van der Waals surface area contributed by atoms with Crippen molar-refractivity contribution in [1.82, 2.24) is 10.6 Å². The molecule has 0 aliphatic carbocycles. The minimum Gasteiger partial charge on any atom is -0.444 e. The first-order chi connectivity index (χ1) is 9.14. The monoisotopic (exact) mass is 286 g/mol. The summed E-state index contributed by atoms with van der Waals surface area (Å²) in [6, 6.07) is 0.596. The Balaban J connectivity index is 4.00. The molecule has 0 heterocycles. The summed E-state index contributed by atoms with van der Waals surface area (Å²) in [5, 5.41) is 6.41. The van der Waals surface area contributed by atoms with Crippen LogP contribution < -0.4 is 10.6 Å². The number of nitrogens with one attached hydrogen (secondary N) is 2. The van der Waals surface area contributed by atoms with Crippen molar-refractivity contribution in [1.29, 1.82) is 0 Å². The Labute approximate surface area is 125 Å². The first kappa shape index (κ1) is 19.2. The molecule has 0 saturated carbocycles. The molecule has 20 heavy (non-hydrogen) atoms. The van der Waals surface area contributed by atoms with Gasteiger partial charge in [0.1, 0.15) is 5.60 Å². The molecule has 0 aromatic carbocycles. The minimum absolute atomic E-state index is 0.117. The van der Waals surface area contributed by atoms with Crippen LogP contribution in [0.2, 0.25) is 0 Å². The van der Waals surface area contributed by atoms with Crippen LogP contribution >= 0.6 is 0 Å². The topological polar surface area (TPSA) is 50.4 Å². The molecule has 2 atom stereocenters. The number of rotatable bonds is 8. The fraction of sp³-hybridized carbons (Fsp3) is 0.938. The van der Waals surface area contributed by atoms with Gasteiger partial charge >= 0.3 is 6.09 Å². The van der Waals surface area contributed by atoms with Gasteiger partial charge in [0.2, 0.25) is 0 Å². The average Bonchev–Trinajstić information content (AvgIpc) is 2.29. The zero-order valence-corrected chi connectivity index (χ0v) is 14.4. The van der Waals surface area contributed by atoms with E-state index in [1.54, 1.807) is 0 Å². The highest BCUT2D eigenvalue weighted by Crippen LogP contribution is 2.08. The normalized spacial score (nSPS) is 15.0. The Morgan fingerprint density at radius 3 is 2.20 bits per heavy atom. The van der Waals surface area contributed by atoms with E-state index in [9.17, 15) is 4.79 Å². The summed E-state index contributed by atoms with van der Waals surface area (Å²) in [4.78, 5) is 11.7. The second kappa shape index (κ2) is 9.22. The Morgan fingerprint density at radius 1 is 1.15 bits per heavy atom. The Morgan fingerprint density at radius 2 is 1.75 bits per heavy atom. The van der Waals surface area contributed by atoms with Crippen molar-refractivity contribution in [3.63, 3.8) is 0 Å². The van der Waals surface area contributed by atoms with Gasteiger partial charge in [-0.15, -0.1) is 0 Å².